The molecule has 0 bridgehead atoms. The lowest BCUT2D eigenvalue weighted by atomic mass is 9.85. The first kappa shape index (κ1) is 114. The van der Waals surface area contributed by atoms with Crippen LogP contribution in [0.1, 0.15) is 268 Å². The first-order chi connectivity index (χ1) is 57.9. The standard InChI is InChI=1S/2C19H31NO.2C19H30O2.C18H29NO.C18H28O2/c2*1-14(2)12-18(20-13-15(3)4)19(6,7)21-17-10-8-16(5)9-11-17;2*1-15(2)14-17(8-7-13-20-6)19(4,5)21-18-11-9-16(3)10-12-18;1-14(2)12-17(19-13-15(3)4)18(5,6)20-16-10-8-7-9-11-16;1-15(2)14-16(10-9-13-19-5)18(3,4)20-17-11-7-6-8-12-17/h2*8-12,15,18,20H,13H2,1-7H3;2*9-12,14,17H,7-8,13H2,1-6H3;7-12,15,17,19H,13H2,1-6H3;6-8,11-12,14,16H,9-10,13H2,1-5H3. The van der Waals surface area contributed by atoms with E-state index in [1.807, 2.05) is 109 Å². The van der Waals surface area contributed by atoms with Crippen molar-refractivity contribution in [2.75, 3.05) is 60.8 Å². The van der Waals surface area contributed by atoms with Gasteiger partial charge in [0, 0.05) is 58.9 Å². The van der Waals surface area contributed by atoms with E-state index in [9.17, 15) is 0 Å². The molecule has 696 valence electrons. The average molecular weight is 1710 g/mol. The Morgan fingerprint density at radius 3 is 0.605 bits per heavy atom. The van der Waals surface area contributed by atoms with Gasteiger partial charge < -0.3 is 58.6 Å². The second kappa shape index (κ2) is 59.4. The van der Waals surface area contributed by atoms with Crippen molar-refractivity contribution >= 4 is 0 Å². The Hall–Kier alpha value is -7.68. The molecule has 0 saturated carbocycles. The zero-order valence-corrected chi connectivity index (χ0v) is 85.3. The van der Waals surface area contributed by atoms with Crippen LogP contribution in [-0.2, 0) is 14.2 Å². The van der Waals surface area contributed by atoms with Gasteiger partial charge in [0.15, 0.2) is 0 Å². The van der Waals surface area contributed by atoms with Crippen LogP contribution in [0.25, 0.3) is 0 Å². The molecule has 0 aromatic heterocycles. The molecule has 6 unspecified atom stereocenters. The van der Waals surface area contributed by atoms with Crippen LogP contribution >= 0.6 is 0 Å². The fraction of sp³-hybridized carbons (Fsp3) is 0.571. The largest absolute Gasteiger partial charge is 0.487 e. The first-order valence-corrected chi connectivity index (χ1v) is 46.0. The third-order valence-corrected chi connectivity index (χ3v) is 20.7. The minimum atomic E-state index is -0.304. The number of aryl methyl sites for hydroxylation is 4. The molecule has 0 aliphatic carbocycles. The normalized spacial score (nSPS) is 13.0. The smallest absolute Gasteiger partial charge is 0.122 e. The van der Waals surface area contributed by atoms with Gasteiger partial charge >= 0.3 is 0 Å². The molecule has 6 atom stereocenters. The van der Waals surface area contributed by atoms with Gasteiger partial charge in [0.1, 0.15) is 68.1 Å². The molecular weight excluding hydrogens is 1530 g/mol. The SMILES string of the molecule is CC(C)=CC(NCC(C)C)C(C)(C)Oc1ccc(C)cc1.CC(C)=CC(NCC(C)C)C(C)(C)Oc1ccc(C)cc1.CC(C)=CC(NCC(C)C)C(C)(C)Oc1ccccc1.COCCCC(C=C(C)C)C(C)(C)Oc1ccc(C)cc1.COCCCC(C=C(C)C)C(C)(C)Oc1ccc(C)cc1.COCCCC(C=C(C)C)C(C)(C)Oc1ccccc1. The van der Waals surface area contributed by atoms with Crippen molar-refractivity contribution in [1.82, 2.24) is 16.0 Å². The molecule has 0 aliphatic heterocycles. The van der Waals surface area contributed by atoms with Gasteiger partial charge in [-0.25, -0.2) is 0 Å². The summed E-state index contributed by atoms with van der Waals surface area (Å²) in [6.07, 6.45) is 20.1. The van der Waals surface area contributed by atoms with Crippen LogP contribution in [0.15, 0.2) is 228 Å². The highest BCUT2D eigenvalue weighted by atomic mass is 16.5. The Morgan fingerprint density at radius 1 is 0.258 bits per heavy atom. The maximum atomic E-state index is 6.27. The minimum absolute atomic E-state index is 0.186. The lowest BCUT2D eigenvalue weighted by Crippen LogP contribution is -2.50. The summed E-state index contributed by atoms with van der Waals surface area (Å²) in [6.45, 7) is 78.5. The van der Waals surface area contributed by atoms with Crippen molar-refractivity contribution in [3.8, 4) is 34.5 Å². The lowest BCUT2D eigenvalue weighted by Gasteiger charge is -2.35. The summed E-state index contributed by atoms with van der Waals surface area (Å²) in [5.41, 5.74) is 11.3. The van der Waals surface area contributed by atoms with E-state index < -0.39 is 0 Å². The second-order valence-electron chi connectivity index (χ2n) is 39.6. The summed E-state index contributed by atoms with van der Waals surface area (Å²) in [4.78, 5) is 0. The fourth-order valence-corrected chi connectivity index (χ4v) is 13.7. The van der Waals surface area contributed by atoms with E-state index in [1.54, 1.807) is 21.3 Å². The summed E-state index contributed by atoms with van der Waals surface area (Å²) >= 11 is 0. The summed E-state index contributed by atoms with van der Waals surface area (Å²) < 4.78 is 52.9. The predicted octanol–water partition coefficient (Wildman–Crippen LogP) is 29.1. The van der Waals surface area contributed by atoms with Gasteiger partial charge in [0.2, 0.25) is 0 Å². The topological polar surface area (TPSA) is 119 Å². The molecule has 0 radical (unpaired) electrons. The Kier molecular flexibility index (Phi) is 54.7. The fourth-order valence-electron chi connectivity index (χ4n) is 13.7. The second-order valence-corrected chi connectivity index (χ2v) is 39.6. The number of benzene rings is 6. The van der Waals surface area contributed by atoms with Crippen molar-refractivity contribution in [2.24, 2.45) is 35.5 Å². The van der Waals surface area contributed by atoms with E-state index in [-0.39, 0.29) is 51.7 Å². The van der Waals surface area contributed by atoms with Gasteiger partial charge in [-0.05, 0) is 343 Å². The zero-order valence-electron chi connectivity index (χ0n) is 85.3. The molecule has 6 aromatic rings. The van der Waals surface area contributed by atoms with Crippen LogP contribution in [0, 0.1) is 63.2 Å². The van der Waals surface area contributed by atoms with E-state index in [0.717, 1.165) is 112 Å². The third kappa shape index (κ3) is 51.8. The van der Waals surface area contributed by atoms with Gasteiger partial charge in [0.05, 0.1) is 18.1 Å². The van der Waals surface area contributed by atoms with Crippen LogP contribution in [-0.4, -0.2) is 113 Å². The summed E-state index contributed by atoms with van der Waals surface area (Å²) in [5.74, 6) is 8.53. The van der Waals surface area contributed by atoms with Crippen molar-refractivity contribution in [2.45, 2.75) is 326 Å². The maximum Gasteiger partial charge on any atom is 0.122 e. The summed E-state index contributed by atoms with van der Waals surface area (Å²) in [6, 6.07) is 53.7. The lowest BCUT2D eigenvalue weighted by molar-refractivity contribution is 0.0553. The average Bonchev–Trinajstić information content (AvgIpc) is 0.871. The zero-order chi connectivity index (χ0) is 94.0. The number of allylic oxidation sites excluding steroid dienone is 6. The van der Waals surface area contributed by atoms with Crippen molar-refractivity contribution < 1.29 is 42.6 Å². The number of rotatable bonds is 45. The van der Waals surface area contributed by atoms with E-state index in [1.165, 1.54) is 55.7 Å². The van der Waals surface area contributed by atoms with Crippen LogP contribution in [0.5, 0.6) is 34.5 Å². The third-order valence-electron chi connectivity index (χ3n) is 20.7. The Bertz CT molecular complexity index is 3770. The highest BCUT2D eigenvalue weighted by Crippen LogP contribution is 2.35. The van der Waals surface area contributed by atoms with E-state index in [0.29, 0.717) is 35.5 Å². The molecule has 124 heavy (non-hydrogen) atoms. The van der Waals surface area contributed by atoms with Gasteiger partial charge in [-0.3, -0.25) is 0 Å². The highest BCUT2D eigenvalue weighted by Gasteiger charge is 2.35. The summed E-state index contributed by atoms with van der Waals surface area (Å²) in [7, 11) is 5.26. The van der Waals surface area contributed by atoms with Crippen LogP contribution in [0.4, 0.5) is 0 Å². The molecular formula is C112H179N3O9. The van der Waals surface area contributed by atoms with E-state index in [2.05, 4.69) is 336 Å². The van der Waals surface area contributed by atoms with Gasteiger partial charge in [0.25, 0.3) is 0 Å². The predicted molar refractivity (Wildman–Crippen MR) is 536 cm³/mol. The molecule has 6 rings (SSSR count). The quantitative estimate of drug-likeness (QED) is 0.0249. The minimum Gasteiger partial charge on any atom is -0.487 e. The van der Waals surface area contributed by atoms with Crippen LogP contribution < -0.4 is 44.4 Å². The molecule has 6 aromatic carbocycles. The van der Waals surface area contributed by atoms with Crippen molar-refractivity contribution in [1.29, 1.82) is 0 Å². The molecule has 0 amide bonds. The number of methoxy groups -OCH3 is 3. The number of para-hydroxylation sites is 2. The molecule has 0 aliphatic rings. The van der Waals surface area contributed by atoms with Crippen molar-refractivity contribution in [3.63, 3.8) is 0 Å². The van der Waals surface area contributed by atoms with Crippen LogP contribution in [0.3, 0.4) is 0 Å². The maximum absolute atomic E-state index is 6.27. The molecule has 12 heteroatoms. The number of nitrogens with one attached hydrogen (secondary N) is 3. The van der Waals surface area contributed by atoms with Crippen LogP contribution in [0.2, 0.25) is 0 Å². The Morgan fingerprint density at radius 2 is 0.435 bits per heavy atom. The first-order valence-electron chi connectivity index (χ1n) is 46.0. The Labute approximate surface area is 760 Å². The number of hydrogen-bond acceptors (Lipinski definition) is 12. The van der Waals surface area contributed by atoms with Crippen molar-refractivity contribution in [3.05, 3.63) is 250 Å². The highest BCUT2D eigenvalue weighted by molar-refractivity contribution is 5.32. The molecule has 0 heterocycles. The monoisotopic (exact) mass is 1710 g/mol. The summed E-state index contributed by atoms with van der Waals surface area (Å²) in [5, 5.41) is 10.9. The molecule has 0 fully saturated rings. The molecule has 0 saturated heterocycles. The van der Waals surface area contributed by atoms with E-state index >= 15 is 0 Å². The van der Waals surface area contributed by atoms with Gasteiger partial charge in [-0.1, -0.05) is 219 Å². The number of hydrogen-bond donors (Lipinski definition) is 3. The van der Waals surface area contributed by atoms with Gasteiger partial charge in [-0.2, -0.15) is 0 Å². The molecule has 0 spiro atoms. The molecule has 3 N–H and O–H groups in total. The number of ether oxygens (including phenoxy) is 9. The molecule has 12 nitrogen and oxygen atoms in total. The van der Waals surface area contributed by atoms with E-state index in [4.69, 9.17) is 42.6 Å². The van der Waals surface area contributed by atoms with Gasteiger partial charge in [-0.15, -0.1) is 0 Å². The Balaban J connectivity index is 0.000000744.